The molecule has 0 aromatic heterocycles. The number of phenolic OH excluding ortho intramolecular Hbond substituents is 1. The average Bonchev–Trinajstić information content (AvgIpc) is 2.67. The fraction of sp³-hybridized carbons (Fsp3) is 0.450. The van der Waals surface area contributed by atoms with Crippen molar-refractivity contribution >= 4 is 23.6 Å². The van der Waals surface area contributed by atoms with Gasteiger partial charge in [-0.05, 0) is 63.3 Å². The third-order valence-electron chi connectivity index (χ3n) is 3.69. The fourth-order valence-corrected chi connectivity index (χ4v) is 2.23. The van der Waals surface area contributed by atoms with E-state index in [0.29, 0.717) is 12.2 Å². The lowest BCUT2D eigenvalue weighted by Gasteiger charge is -2.07. The number of nitrogens with zero attached hydrogens (tertiary/aromatic N) is 2. The van der Waals surface area contributed by atoms with E-state index in [0.717, 1.165) is 50.8 Å². The van der Waals surface area contributed by atoms with E-state index in [9.17, 15) is 9.90 Å². The van der Waals surface area contributed by atoms with Crippen molar-refractivity contribution in [3.05, 3.63) is 24.3 Å². The molecule has 2 amide bonds. The van der Waals surface area contributed by atoms with Crippen LogP contribution >= 0.6 is 0 Å². The lowest BCUT2D eigenvalue weighted by Crippen LogP contribution is -2.29. The minimum atomic E-state index is -0.275. The number of amides is 2. The Morgan fingerprint density at radius 1 is 1.22 bits per heavy atom. The lowest BCUT2D eigenvalue weighted by atomic mass is 10.2. The van der Waals surface area contributed by atoms with Crippen LogP contribution in [-0.4, -0.2) is 36.2 Å². The van der Waals surface area contributed by atoms with Gasteiger partial charge in [0, 0.05) is 31.4 Å². The largest absolute Gasteiger partial charge is 0.508 e. The summed E-state index contributed by atoms with van der Waals surface area (Å²) >= 11 is 0. The lowest BCUT2D eigenvalue weighted by molar-refractivity contribution is 0.252. The second kappa shape index (κ2) is 14.2. The van der Waals surface area contributed by atoms with E-state index in [1.165, 1.54) is 12.1 Å². The van der Waals surface area contributed by atoms with Gasteiger partial charge in [-0.15, -0.1) is 11.8 Å². The smallest absolute Gasteiger partial charge is 0.319 e. The molecule has 1 rings (SSSR count). The molecule has 5 N–H and O–H groups in total. The van der Waals surface area contributed by atoms with Crippen molar-refractivity contribution in [3.63, 3.8) is 0 Å². The van der Waals surface area contributed by atoms with E-state index in [1.54, 1.807) is 18.3 Å². The predicted molar refractivity (Wildman–Crippen MR) is 111 cm³/mol. The van der Waals surface area contributed by atoms with Crippen LogP contribution in [0, 0.1) is 11.8 Å². The Bertz CT molecular complexity index is 672. The summed E-state index contributed by atoms with van der Waals surface area (Å²) in [6, 6.07) is 6.03. The van der Waals surface area contributed by atoms with Crippen LogP contribution in [0.1, 0.15) is 45.4 Å². The first kappa shape index (κ1) is 22.0. The van der Waals surface area contributed by atoms with Crippen LogP contribution in [-0.2, 0) is 0 Å². The standard InChI is InChI=1S/C20H29N5O2/c1-2-3-4-5-7-14-22-16-18(25-21)9-6-8-15-23-20(27)24-17-10-12-19(26)13-11-17/h10-13,16,26H,4-9,14-15,21H2,1H3,(H2,23,24,27)/b22-16?,25-18-. The number of hydrogen-bond acceptors (Lipinski definition) is 5. The SMILES string of the molecule is CC#CCCCCN=C/C(CCCCNC(=O)Nc1ccc(O)cc1)=N\N. The van der Waals surface area contributed by atoms with Crippen molar-refractivity contribution in [1.29, 1.82) is 0 Å². The van der Waals surface area contributed by atoms with E-state index in [4.69, 9.17) is 5.84 Å². The van der Waals surface area contributed by atoms with Gasteiger partial charge in [0.05, 0.1) is 5.71 Å². The number of unbranched alkanes of at least 4 members (excludes halogenated alkanes) is 3. The molecule has 146 valence electrons. The summed E-state index contributed by atoms with van der Waals surface area (Å²) in [6.45, 7) is 3.15. The summed E-state index contributed by atoms with van der Waals surface area (Å²) in [5.41, 5.74) is 1.39. The van der Waals surface area contributed by atoms with E-state index >= 15 is 0 Å². The topological polar surface area (TPSA) is 112 Å². The summed E-state index contributed by atoms with van der Waals surface area (Å²) in [7, 11) is 0. The molecule has 0 spiro atoms. The van der Waals surface area contributed by atoms with E-state index in [-0.39, 0.29) is 11.8 Å². The molecule has 0 saturated heterocycles. The number of nitrogens with two attached hydrogens (primary N) is 1. The van der Waals surface area contributed by atoms with E-state index in [1.807, 2.05) is 6.92 Å². The summed E-state index contributed by atoms with van der Waals surface area (Å²) in [5, 5.41) is 18.4. The number of anilines is 1. The molecule has 0 radical (unpaired) electrons. The predicted octanol–water partition coefficient (Wildman–Crippen LogP) is 3.26. The summed E-state index contributed by atoms with van der Waals surface area (Å²) in [5.74, 6) is 11.5. The minimum Gasteiger partial charge on any atom is -0.508 e. The first-order chi connectivity index (χ1) is 13.2. The fourth-order valence-electron chi connectivity index (χ4n) is 2.23. The normalized spacial score (nSPS) is 11.1. The third kappa shape index (κ3) is 11.3. The van der Waals surface area contributed by atoms with Gasteiger partial charge in [-0.1, -0.05) is 0 Å². The maximum absolute atomic E-state index is 11.8. The van der Waals surface area contributed by atoms with Gasteiger partial charge < -0.3 is 21.6 Å². The van der Waals surface area contributed by atoms with Gasteiger partial charge in [-0.2, -0.15) is 5.10 Å². The zero-order chi connectivity index (χ0) is 19.7. The summed E-state index contributed by atoms with van der Waals surface area (Å²) < 4.78 is 0. The number of urea groups is 1. The van der Waals surface area contributed by atoms with Crippen LogP contribution < -0.4 is 16.5 Å². The van der Waals surface area contributed by atoms with Crippen molar-refractivity contribution in [3.8, 4) is 17.6 Å². The molecule has 0 aliphatic carbocycles. The maximum Gasteiger partial charge on any atom is 0.319 e. The number of phenols is 1. The Balaban J connectivity index is 2.11. The van der Waals surface area contributed by atoms with Gasteiger partial charge in [0.15, 0.2) is 0 Å². The molecule has 0 atom stereocenters. The van der Waals surface area contributed by atoms with Crippen LogP contribution in [0.4, 0.5) is 10.5 Å². The van der Waals surface area contributed by atoms with Crippen LogP contribution in [0.2, 0.25) is 0 Å². The number of benzene rings is 1. The van der Waals surface area contributed by atoms with Gasteiger partial charge in [0.25, 0.3) is 0 Å². The van der Waals surface area contributed by atoms with Crippen molar-refractivity contribution in [1.82, 2.24) is 5.32 Å². The first-order valence-corrected chi connectivity index (χ1v) is 9.15. The Morgan fingerprint density at radius 3 is 2.70 bits per heavy atom. The Kier molecular flexibility index (Phi) is 11.6. The second-order valence-corrected chi connectivity index (χ2v) is 5.92. The maximum atomic E-state index is 11.8. The van der Waals surface area contributed by atoms with Gasteiger partial charge in [0.1, 0.15) is 5.75 Å². The van der Waals surface area contributed by atoms with Crippen LogP contribution in [0.3, 0.4) is 0 Å². The number of hydrazone groups is 1. The summed E-state index contributed by atoms with van der Waals surface area (Å²) in [4.78, 5) is 16.1. The second-order valence-electron chi connectivity index (χ2n) is 5.92. The van der Waals surface area contributed by atoms with Crippen molar-refractivity contribution in [2.45, 2.75) is 45.4 Å². The number of hydrogen-bond donors (Lipinski definition) is 4. The Morgan fingerprint density at radius 2 is 2.00 bits per heavy atom. The quantitative estimate of drug-likeness (QED) is 0.120. The van der Waals surface area contributed by atoms with Gasteiger partial charge in [-0.25, -0.2) is 4.79 Å². The number of aliphatic imine (C=N–C) groups is 1. The molecule has 0 bridgehead atoms. The minimum absolute atomic E-state index is 0.160. The van der Waals surface area contributed by atoms with E-state index < -0.39 is 0 Å². The van der Waals surface area contributed by atoms with Gasteiger partial charge >= 0.3 is 6.03 Å². The monoisotopic (exact) mass is 371 g/mol. The average molecular weight is 371 g/mol. The van der Waals surface area contributed by atoms with E-state index in [2.05, 4.69) is 32.6 Å². The molecule has 1 aromatic carbocycles. The molecule has 7 heteroatoms. The molecule has 0 heterocycles. The highest BCUT2D eigenvalue weighted by Gasteiger charge is 2.01. The molecule has 0 unspecified atom stereocenters. The zero-order valence-electron chi connectivity index (χ0n) is 15.9. The van der Waals surface area contributed by atoms with Crippen molar-refractivity contribution in [2.24, 2.45) is 15.9 Å². The molecule has 0 saturated carbocycles. The highest BCUT2D eigenvalue weighted by atomic mass is 16.3. The first-order valence-electron chi connectivity index (χ1n) is 9.15. The number of carbonyl (C=O) groups excluding carboxylic acids is 1. The number of aromatic hydroxyl groups is 1. The third-order valence-corrected chi connectivity index (χ3v) is 3.69. The molecule has 0 fully saturated rings. The number of nitrogens with one attached hydrogen (secondary N) is 2. The molecule has 27 heavy (non-hydrogen) atoms. The number of carbonyl (C=O) groups is 1. The molecule has 7 nitrogen and oxygen atoms in total. The molecular formula is C20H29N5O2. The zero-order valence-corrected chi connectivity index (χ0v) is 15.9. The van der Waals surface area contributed by atoms with Gasteiger partial charge in [-0.3, -0.25) is 4.99 Å². The highest BCUT2D eigenvalue weighted by molar-refractivity contribution is 6.30. The molecule has 0 aliphatic rings. The van der Waals surface area contributed by atoms with Crippen LogP contribution in [0.5, 0.6) is 5.75 Å². The van der Waals surface area contributed by atoms with Crippen LogP contribution in [0.15, 0.2) is 34.4 Å². The van der Waals surface area contributed by atoms with Crippen molar-refractivity contribution in [2.75, 3.05) is 18.4 Å². The highest BCUT2D eigenvalue weighted by Crippen LogP contribution is 2.13. The molecule has 1 aromatic rings. The Labute approximate surface area is 161 Å². The molecular weight excluding hydrogens is 342 g/mol. The van der Waals surface area contributed by atoms with Crippen molar-refractivity contribution < 1.29 is 9.90 Å². The summed E-state index contributed by atoms with van der Waals surface area (Å²) in [6.07, 6.45) is 7.09. The molecule has 0 aliphatic heterocycles. The number of rotatable bonds is 11. The Hall–Kier alpha value is -3.01. The van der Waals surface area contributed by atoms with Crippen LogP contribution in [0.25, 0.3) is 0 Å². The van der Waals surface area contributed by atoms with Gasteiger partial charge in [0.2, 0.25) is 0 Å².